The fourth-order valence-corrected chi connectivity index (χ4v) is 0.678. The minimum absolute atomic E-state index is 0.120. The van der Waals surface area contributed by atoms with Crippen LogP contribution in [0.1, 0.15) is 6.92 Å². The van der Waals surface area contributed by atoms with Crippen molar-refractivity contribution in [3.05, 3.63) is 36.1 Å². The quantitative estimate of drug-likeness (QED) is 0.333. The number of hydrogen-bond acceptors (Lipinski definition) is 5. The fraction of sp³-hybridized carbons (Fsp3) is 0.364. The van der Waals surface area contributed by atoms with Crippen molar-refractivity contribution in [2.75, 3.05) is 13.2 Å². The van der Waals surface area contributed by atoms with E-state index in [2.05, 4.69) is 11.3 Å². The summed E-state index contributed by atoms with van der Waals surface area (Å²) >= 11 is 0. The van der Waals surface area contributed by atoms with Gasteiger partial charge < -0.3 is 20.7 Å². The molecule has 1 atom stereocenters. The second kappa shape index (κ2) is 7.67. The molecule has 16 heavy (non-hydrogen) atoms. The predicted octanol–water partition coefficient (Wildman–Crippen LogP) is -0.142. The van der Waals surface area contributed by atoms with Gasteiger partial charge in [0.15, 0.2) is 0 Å². The van der Waals surface area contributed by atoms with Crippen molar-refractivity contribution in [3.8, 4) is 0 Å². The second-order valence-electron chi connectivity index (χ2n) is 3.08. The first-order chi connectivity index (χ1) is 7.51. The van der Waals surface area contributed by atoms with Crippen LogP contribution < -0.4 is 5.73 Å². The van der Waals surface area contributed by atoms with Crippen LogP contribution in [0.4, 0.5) is 0 Å². The molecule has 0 saturated carbocycles. The van der Waals surface area contributed by atoms with Gasteiger partial charge in [0.25, 0.3) is 0 Å². The molecule has 0 amide bonds. The number of carbonyl (C=O) groups is 1. The SMILES string of the molecule is C=C(/C=C\C(N)=C/C)C(=O)OCC(O)CO. The Morgan fingerprint density at radius 2 is 2.19 bits per heavy atom. The van der Waals surface area contributed by atoms with Crippen molar-refractivity contribution >= 4 is 5.97 Å². The summed E-state index contributed by atoms with van der Waals surface area (Å²) in [4.78, 5) is 11.2. The summed E-state index contributed by atoms with van der Waals surface area (Å²) < 4.78 is 4.66. The van der Waals surface area contributed by atoms with Crippen LogP contribution in [-0.4, -0.2) is 35.5 Å². The van der Waals surface area contributed by atoms with Crippen LogP contribution in [0.2, 0.25) is 0 Å². The van der Waals surface area contributed by atoms with E-state index in [1.165, 1.54) is 12.2 Å². The molecule has 0 radical (unpaired) electrons. The number of allylic oxidation sites excluding steroid dienone is 2. The van der Waals surface area contributed by atoms with Crippen LogP contribution in [-0.2, 0) is 9.53 Å². The number of aliphatic hydroxyl groups is 2. The zero-order valence-corrected chi connectivity index (χ0v) is 9.22. The van der Waals surface area contributed by atoms with Crippen LogP contribution >= 0.6 is 0 Å². The molecule has 5 nitrogen and oxygen atoms in total. The monoisotopic (exact) mass is 227 g/mol. The van der Waals surface area contributed by atoms with Crippen LogP contribution in [0.5, 0.6) is 0 Å². The molecular formula is C11H17NO4. The lowest BCUT2D eigenvalue weighted by Crippen LogP contribution is -2.22. The molecule has 0 heterocycles. The summed E-state index contributed by atoms with van der Waals surface area (Å²) in [5.41, 5.74) is 6.10. The van der Waals surface area contributed by atoms with Gasteiger partial charge in [0.2, 0.25) is 0 Å². The molecule has 0 aliphatic heterocycles. The molecular weight excluding hydrogens is 210 g/mol. The second-order valence-corrected chi connectivity index (χ2v) is 3.08. The van der Waals surface area contributed by atoms with Crippen molar-refractivity contribution < 1.29 is 19.7 Å². The van der Waals surface area contributed by atoms with E-state index in [4.69, 9.17) is 15.9 Å². The number of aliphatic hydroxyl groups excluding tert-OH is 2. The first kappa shape index (κ1) is 14.4. The molecule has 0 fully saturated rings. The smallest absolute Gasteiger partial charge is 0.337 e. The average molecular weight is 227 g/mol. The Morgan fingerprint density at radius 1 is 1.56 bits per heavy atom. The maximum Gasteiger partial charge on any atom is 0.337 e. The summed E-state index contributed by atoms with van der Waals surface area (Å²) in [6.07, 6.45) is 3.54. The Bertz CT molecular complexity index is 307. The maximum absolute atomic E-state index is 11.2. The first-order valence-corrected chi connectivity index (χ1v) is 4.76. The molecule has 0 aliphatic carbocycles. The molecule has 0 aromatic rings. The molecule has 4 N–H and O–H groups in total. The summed E-state index contributed by atoms with van der Waals surface area (Å²) in [6.45, 7) is 4.52. The Morgan fingerprint density at radius 3 is 2.69 bits per heavy atom. The Hall–Kier alpha value is -1.59. The van der Waals surface area contributed by atoms with Crippen molar-refractivity contribution in [2.45, 2.75) is 13.0 Å². The van der Waals surface area contributed by atoms with Gasteiger partial charge in [-0.1, -0.05) is 12.7 Å². The normalized spacial score (nSPS) is 13.8. The number of rotatable bonds is 6. The van der Waals surface area contributed by atoms with Crippen molar-refractivity contribution in [1.29, 1.82) is 0 Å². The van der Waals surface area contributed by atoms with E-state index >= 15 is 0 Å². The highest BCUT2D eigenvalue weighted by Gasteiger charge is 2.08. The zero-order valence-electron chi connectivity index (χ0n) is 9.22. The van der Waals surface area contributed by atoms with Gasteiger partial charge in [0.1, 0.15) is 12.7 Å². The minimum atomic E-state index is -1.07. The third-order valence-electron chi connectivity index (χ3n) is 1.69. The highest BCUT2D eigenvalue weighted by Crippen LogP contribution is 2.00. The van der Waals surface area contributed by atoms with Gasteiger partial charge in [-0.3, -0.25) is 0 Å². The van der Waals surface area contributed by atoms with Gasteiger partial charge in [0.05, 0.1) is 12.2 Å². The lowest BCUT2D eigenvalue weighted by atomic mass is 10.2. The molecule has 5 heteroatoms. The largest absolute Gasteiger partial charge is 0.459 e. The van der Waals surface area contributed by atoms with E-state index in [0.717, 1.165) is 0 Å². The van der Waals surface area contributed by atoms with Crippen LogP contribution in [0, 0.1) is 0 Å². The van der Waals surface area contributed by atoms with Crippen molar-refractivity contribution in [2.24, 2.45) is 5.73 Å². The standard InChI is InChI=1S/C11H17NO4/c1-3-9(12)5-4-8(2)11(15)16-7-10(14)6-13/h3-5,10,13-14H,2,6-7,12H2,1H3/b5-4-,9-3+. The molecule has 0 aromatic carbocycles. The summed E-state index contributed by atoms with van der Waals surface area (Å²) in [5, 5.41) is 17.4. The molecule has 1 unspecified atom stereocenters. The van der Waals surface area contributed by atoms with Gasteiger partial charge in [0, 0.05) is 5.70 Å². The van der Waals surface area contributed by atoms with Crippen molar-refractivity contribution in [1.82, 2.24) is 0 Å². The summed E-state index contributed by atoms with van der Waals surface area (Å²) in [7, 11) is 0. The molecule has 0 rings (SSSR count). The first-order valence-electron chi connectivity index (χ1n) is 4.76. The number of nitrogens with two attached hydrogens (primary N) is 1. The topological polar surface area (TPSA) is 92.8 Å². The Balaban J connectivity index is 4.10. The molecule has 0 spiro atoms. The van der Waals surface area contributed by atoms with E-state index < -0.39 is 18.7 Å². The third-order valence-corrected chi connectivity index (χ3v) is 1.69. The number of carbonyl (C=O) groups excluding carboxylic acids is 1. The fourth-order valence-electron chi connectivity index (χ4n) is 0.678. The lowest BCUT2D eigenvalue weighted by molar-refractivity contribution is -0.142. The van der Waals surface area contributed by atoms with E-state index in [1.807, 2.05) is 0 Å². The number of hydrogen-bond donors (Lipinski definition) is 3. The highest BCUT2D eigenvalue weighted by molar-refractivity contribution is 5.90. The molecule has 0 bridgehead atoms. The zero-order chi connectivity index (χ0) is 12.6. The van der Waals surface area contributed by atoms with E-state index in [1.54, 1.807) is 13.0 Å². The molecule has 0 aliphatic rings. The summed E-state index contributed by atoms with van der Waals surface area (Å²) in [5.74, 6) is -0.660. The molecule has 0 aromatic heterocycles. The minimum Gasteiger partial charge on any atom is -0.459 e. The van der Waals surface area contributed by atoms with E-state index in [-0.39, 0.29) is 12.2 Å². The van der Waals surface area contributed by atoms with Gasteiger partial charge in [-0.2, -0.15) is 0 Å². The van der Waals surface area contributed by atoms with E-state index in [9.17, 15) is 4.79 Å². The van der Waals surface area contributed by atoms with Crippen molar-refractivity contribution in [3.63, 3.8) is 0 Å². The Kier molecular flexibility index (Phi) is 6.91. The average Bonchev–Trinajstić information content (AvgIpc) is 2.31. The van der Waals surface area contributed by atoms with Crippen LogP contribution in [0.3, 0.4) is 0 Å². The lowest BCUT2D eigenvalue weighted by Gasteiger charge is -2.08. The number of ether oxygens (including phenoxy) is 1. The van der Waals surface area contributed by atoms with Gasteiger partial charge in [-0.05, 0) is 19.1 Å². The Labute approximate surface area is 94.5 Å². The predicted molar refractivity (Wildman–Crippen MR) is 60.3 cm³/mol. The van der Waals surface area contributed by atoms with E-state index in [0.29, 0.717) is 5.70 Å². The molecule has 90 valence electrons. The molecule has 0 saturated heterocycles. The van der Waals surface area contributed by atoms with Gasteiger partial charge in [-0.15, -0.1) is 0 Å². The highest BCUT2D eigenvalue weighted by atomic mass is 16.5. The van der Waals surface area contributed by atoms with Gasteiger partial charge in [-0.25, -0.2) is 4.79 Å². The van der Waals surface area contributed by atoms with Crippen LogP contribution in [0.15, 0.2) is 36.1 Å². The maximum atomic E-state index is 11.2. The van der Waals surface area contributed by atoms with Crippen LogP contribution in [0.25, 0.3) is 0 Å². The van der Waals surface area contributed by atoms with Gasteiger partial charge >= 0.3 is 5.97 Å². The number of esters is 1. The summed E-state index contributed by atoms with van der Waals surface area (Å²) in [6, 6.07) is 0. The third kappa shape index (κ3) is 6.00.